The smallest absolute Gasteiger partial charge is 0.347 e. The Bertz CT molecular complexity index is 472. The largest absolute Gasteiger partial charge is 0.679 e. The number of nitrogens with one attached hydrogen (secondary N) is 4. The van der Waals surface area contributed by atoms with Crippen molar-refractivity contribution in [3.05, 3.63) is 49.8 Å². The standard InChI is InChI=1S/C4H3FN2O2.C2H6N2O2.C2H6N2.HNO2.Pt/c5-2-1-6-4(9)7-3(2)8;1-4(6)2(3)5;3-1-2-4;2-1-3;/h1H,(H2,6,7,8,9);6H,1H3,(H2,3,5);3-4H,1-2H2;(H,2,3);/q;;-2;;/p-2. The average molecular weight is 518 g/mol. The van der Waals surface area contributed by atoms with Crippen LogP contribution in [0.1, 0.15) is 0 Å². The molecule has 0 spiro atoms. The number of hydrogen-bond donors (Lipinski definition) is 3. The zero-order valence-corrected chi connectivity index (χ0v) is 13.8. The maximum atomic E-state index is 12.0. The van der Waals surface area contributed by atoms with Crippen LogP contribution in [0.25, 0.3) is 17.2 Å². The van der Waals surface area contributed by atoms with Gasteiger partial charge in [-0.1, -0.05) is 0 Å². The van der Waals surface area contributed by atoms with E-state index in [1.54, 1.807) is 4.98 Å². The van der Waals surface area contributed by atoms with Crippen molar-refractivity contribution in [2.75, 3.05) is 20.1 Å². The Balaban J connectivity index is -0.000000114. The van der Waals surface area contributed by atoms with E-state index in [-0.39, 0.29) is 39.2 Å². The van der Waals surface area contributed by atoms with E-state index in [0.717, 1.165) is 12.4 Å². The fourth-order valence-corrected chi connectivity index (χ4v) is 0.370. The van der Waals surface area contributed by atoms with Crippen molar-refractivity contribution >= 4 is 6.03 Å². The number of nitrogens with zero attached hydrogens (tertiary/aromatic N) is 3. The monoisotopic (exact) mass is 518 g/mol. The molecule has 0 aliphatic heterocycles. The molecule has 2 amide bonds. The molecule has 0 fully saturated rings. The van der Waals surface area contributed by atoms with Crippen molar-refractivity contribution in [2.24, 2.45) is 5.34 Å². The maximum absolute atomic E-state index is 12.0. The van der Waals surface area contributed by atoms with Crippen molar-refractivity contribution < 1.29 is 40.6 Å². The summed E-state index contributed by atoms with van der Waals surface area (Å²) in [7, 11) is 1.09. The third kappa shape index (κ3) is 25.2. The Kier molecular flexibility index (Phi) is 25.0. The number of aromatic nitrogens is 2. The van der Waals surface area contributed by atoms with Crippen LogP contribution >= 0.6 is 0 Å². The van der Waals surface area contributed by atoms with Gasteiger partial charge in [-0.3, -0.25) is 9.78 Å². The van der Waals surface area contributed by atoms with E-state index in [4.69, 9.17) is 37.6 Å². The van der Waals surface area contributed by atoms with E-state index in [1.807, 2.05) is 0 Å². The molecule has 0 saturated carbocycles. The minimum Gasteiger partial charge on any atom is -0.679 e. The number of hydroxylamine groups is 2. The maximum Gasteiger partial charge on any atom is 0.347 e. The molecule has 0 aliphatic rings. The number of carbonyl (C=O) groups is 1. The zero-order chi connectivity index (χ0) is 18.1. The summed E-state index contributed by atoms with van der Waals surface area (Å²) in [5.74, 6) is -1.72. The van der Waals surface area contributed by atoms with Crippen LogP contribution in [0, 0.1) is 15.9 Å². The van der Waals surface area contributed by atoms with E-state index in [2.05, 4.69) is 4.98 Å². The molecule has 1 aromatic rings. The Morgan fingerprint density at radius 3 is 2.04 bits per heavy atom. The van der Waals surface area contributed by atoms with E-state index < -0.39 is 23.4 Å². The van der Waals surface area contributed by atoms with Gasteiger partial charge in [0, 0.05) is 21.1 Å². The molecule has 0 saturated heterocycles. The quantitative estimate of drug-likeness (QED) is 0.281. The summed E-state index contributed by atoms with van der Waals surface area (Å²) >= 11 is 0. The number of halogens is 1. The minimum atomic E-state index is -1.10. The SMILES string of the molecule is CN(O)C([NH-])=O.O=N[O-].O=c1ncc(F)c(O)[nH]1.[NH-]CC[NH-].[Pt]. The van der Waals surface area contributed by atoms with Crippen LogP contribution in [-0.4, -0.2) is 51.5 Å². The van der Waals surface area contributed by atoms with Gasteiger partial charge in [0.15, 0.2) is 6.03 Å². The van der Waals surface area contributed by atoms with Crippen LogP contribution in [0.5, 0.6) is 5.88 Å². The van der Waals surface area contributed by atoms with Crippen LogP contribution in [0.15, 0.2) is 16.3 Å². The molecule has 0 unspecified atom stereocenters. The summed E-state index contributed by atoms with van der Waals surface area (Å²) in [5.41, 5.74) is 17.8. The predicted molar refractivity (Wildman–Crippen MR) is 73.3 cm³/mol. The summed E-state index contributed by atoms with van der Waals surface area (Å²) < 4.78 is 12.0. The molecule has 15 heteroatoms. The van der Waals surface area contributed by atoms with Gasteiger partial charge >= 0.3 is 5.69 Å². The van der Waals surface area contributed by atoms with E-state index in [1.165, 1.54) is 0 Å². The van der Waals surface area contributed by atoms with Gasteiger partial charge in [-0.05, 0) is 7.05 Å². The summed E-state index contributed by atoms with van der Waals surface area (Å²) in [6.07, 6.45) is 0.647. The van der Waals surface area contributed by atoms with Crippen molar-refractivity contribution in [1.29, 1.82) is 0 Å². The van der Waals surface area contributed by atoms with Crippen LogP contribution in [-0.2, 0) is 21.1 Å². The molecule has 13 nitrogen and oxygen atoms in total. The molecule has 0 aliphatic carbocycles. The normalized spacial score (nSPS) is 7.52. The predicted octanol–water partition coefficient (Wildman–Crippen LogP) is 1.43. The molecule has 0 bridgehead atoms. The zero-order valence-electron chi connectivity index (χ0n) is 11.6. The Hall–Kier alpha value is -2.15. The van der Waals surface area contributed by atoms with Gasteiger partial charge in [0.05, 0.1) is 6.20 Å². The van der Waals surface area contributed by atoms with Gasteiger partial charge in [-0.15, -0.1) is 5.34 Å². The first-order chi connectivity index (χ1) is 10.2. The summed E-state index contributed by atoms with van der Waals surface area (Å²) in [6, 6.07) is -1.10. The fourth-order valence-electron chi connectivity index (χ4n) is 0.370. The number of hydrogen-bond acceptors (Lipinski definition) is 8. The average Bonchev–Trinajstić information content (AvgIpc) is 2.45. The summed E-state index contributed by atoms with van der Waals surface area (Å²) in [4.78, 5) is 32.4. The van der Waals surface area contributed by atoms with Gasteiger partial charge in [0.25, 0.3) is 0 Å². The summed E-state index contributed by atoms with van der Waals surface area (Å²) in [6.45, 7) is 0.472. The van der Waals surface area contributed by atoms with Crippen molar-refractivity contribution in [2.45, 2.75) is 0 Å². The second kappa shape index (κ2) is 19.8. The van der Waals surface area contributed by atoms with Crippen molar-refractivity contribution in [3.8, 4) is 5.88 Å². The second-order valence-electron chi connectivity index (χ2n) is 2.79. The van der Waals surface area contributed by atoms with Gasteiger partial charge in [0.1, 0.15) is 0 Å². The molecule has 138 valence electrons. The second-order valence-corrected chi connectivity index (χ2v) is 2.79. The molecular weight excluding hydrogens is 504 g/mol. The molecule has 1 rings (SSSR count). The molecule has 0 atom stereocenters. The first-order valence-electron chi connectivity index (χ1n) is 5.03. The van der Waals surface area contributed by atoms with Crippen LogP contribution in [0.3, 0.4) is 0 Å². The number of rotatable bonds is 1. The first-order valence-corrected chi connectivity index (χ1v) is 5.03. The molecule has 0 aromatic carbocycles. The summed E-state index contributed by atoms with van der Waals surface area (Å²) in [5, 5.41) is 25.5. The molecule has 1 aromatic heterocycles. The van der Waals surface area contributed by atoms with Crippen molar-refractivity contribution in [1.82, 2.24) is 15.0 Å². The van der Waals surface area contributed by atoms with Crippen LogP contribution in [0.4, 0.5) is 9.18 Å². The number of aromatic amines is 1. The number of amides is 2. The first kappa shape index (κ1) is 28.9. The fraction of sp³-hybridized carbons (Fsp3) is 0.375. The van der Waals surface area contributed by atoms with Crippen LogP contribution in [0.2, 0.25) is 0 Å². The number of urea groups is 1. The Labute approximate surface area is 143 Å². The number of aromatic hydroxyl groups is 1. The molecule has 23 heavy (non-hydrogen) atoms. The van der Waals surface area contributed by atoms with Gasteiger partial charge in [-0.25, -0.2) is 4.79 Å². The Morgan fingerprint density at radius 1 is 1.52 bits per heavy atom. The van der Waals surface area contributed by atoms with E-state index in [9.17, 15) is 14.0 Å². The minimum absolute atomic E-state index is 0. The third-order valence-corrected chi connectivity index (χ3v) is 1.17. The van der Waals surface area contributed by atoms with Gasteiger partial charge in [-0.2, -0.15) is 22.5 Å². The van der Waals surface area contributed by atoms with Gasteiger partial charge < -0.3 is 42.7 Å². The molecule has 6 N–H and O–H groups in total. The van der Waals surface area contributed by atoms with E-state index >= 15 is 0 Å². The number of H-pyrrole nitrogens is 1. The topological polar surface area (TPSA) is 230 Å². The number of carbonyl (C=O) groups excluding carboxylic acids is 1. The van der Waals surface area contributed by atoms with Crippen LogP contribution < -0.4 is 5.69 Å². The molecule has 0 radical (unpaired) electrons. The van der Waals surface area contributed by atoms with Crippen molar-refractivity contribution in [3.63, 3.8) is 0 Å². The third-order valence-electron chi connectivity index (χ3n) is 1.17. The molecule has 1 heterocycles. The Morgan fingerprint density at radius 2 is 1.87 bits per heavy atom. The molecular formula is C8H14FN7O6Pt-4. The van der Waals surface area contributed by atoms with Gasteiger partial charge in [0.2, 0.25) is 11.7 Å². The van der Waals surface area contributed by atoms with E-state index in [0.29, 0.717) is 6.20 Å².